The molecule has 9 nitrogen and oxygen atoms in total. The molecule has 0 radical (unpaired) electrons. The number of fused-ring (bicyclic) bond motifs is 3. The number of carbonyl (C=O) groups excluding carboxylic acids is 4. The highest BCUT2D eigenvalue weighted by atomic mass is 32.2. The van der Waals surface area contributed by atoms with Gasteiger partial charge >= 0.3 is 12.1 Å². The number of hydrogen-bond acceptors (Lipinski definition) is 7. The van der Waals surface area contributed by atoms with Crippen LogP contribution in [0, 0.1) is 5.92 Å². The second-order valence-corrected chi connectivity index (χ2v) is 14.9. The van der Waals surface area contributed by atoms with Crippen molar-refractivity contribution in [3.63, 3.8) is 0 Å². The van der Waals surface area contributed by atoms with E-state index in [1.807, 2.05) is 91.0 Å². The molecule has 3 N–H and O–H groups in total. The van der Waals surface area contributed by atoms with Gasteiger partial charge in [0.15, 0.2) is 0 Å². The van der Waals surface area contributed by atoms with Gasteiger partial charge in [0.05, 0.1) is 11.9 Å². The van der Waals surface area contributed by atoms with E-state index < -0.39 is 40.7 Å². The van der Waals surface area contributed by atoms with Gasteiger partial charge in [0.2, 0.25) is 11.8 Å². The summed E-state index contributed by atoms with van der Waals surface area (Å²) in [6, 6.07) is 44.1. The highest BCUT2D eigenvalue weighted by Gasteiger charge is 2.39. The molecule has 3 amide bonds. The molecule has 55 heavy (non-hydrogen) atoms. The molecular weight excluding hydrogens is 711 g/mol. The van der Waals surface area contributed by atoms with Crippen molar-refractivity contribution in [1.29, 1.82) is 0 Å². The van der Waals surface area contributed by atoms with Gasteiger partial charge in [-0.05, 0) is 44.9 Å². The number of thioether (sulfide) groups is 1. The quantitative estimate of drug-likeness (QED) is 0.0774. The van der Waals surface area contributed by atoms with E-state index in [1.165, 1.54) is 18.9 Å². The summed E-state index contributed by atoms with van der Waals surface area (Å²) >= 11 is 1.50. The maximum Gasteiger partial charge on any atom is 0.407 e. The van der Waals surface area contributed by atoms with Crippen molar-refractivity contribution in [2.45, 2.75) is 36.6 Å². The van der Waals surface area contributed by atoms with Crippen LogP contribution in [0.25, 0.3) is 11.1 Å². The molecule has 5 aromatic rings. The van der Waals surface area contributed by atoms with Crippen LogP contribution in [-0.2, 0) is 28.6 Å². The van der Waals surface area contributed by atoms with Crippen molar-refractivity contribution in [2.24, 2.45) is 5.92 Å². The minimum atomic E-state index is -1.13. The second-order valence-electron chi connectivity index (χ2n) is 13.6. The average Bonchev–Trinajstić information content (AvgIpc) is 3.55. The predicted octanol–water partition coefficient (Wildman–Crippen LogP) is 7.05. The molecular formula is C45H45N3O6S. The number of alkyl carbamates (subject to hydrolysis) is 1. The molecule has 2 unspecified atom stereocenters. The van der Waals surface area contributed by atoms with Gasteiger partial charge in [-0.15, -0.1) is 11.8 Å². The first kappa shape index (κ1) is 38.8. The molecule has 0 spiro atoms. The van der Waals surface area contributed by atoms with Crippen molar-refractivity contribution >= 4 is 35.6 Å². The van der Waals surface area contributed by atoms with Gasteiger partial charge in [-0.1, -0.05) is 153 Å². The maximum atomic E-state index is 14.3. The first-order chi connectivity index (χ1) is 26.7. The van der Waals surface area contributed by atoms with E-state index in [1.54, 1.807) is 13.8 Å². The molecule has 0 bridgehead atoms. The first-order valence-corrected chi connectivity index (χ1v) is 19.3. The zero-order valence-corrected chi connectivity index (χ0v) is 31.9. The van der Waals surface area contributed by atoms with Gasteiger partial charge in [-0.3, -0.25) is 14.4 Å². The van der Waals surface area contributed by atoms with Crippen LogP contribution in [0.5, 0.6) is 0 Å². The van der Waals surface area contributed by atoms with E-state index in [4.69, 9.17) is 4.74 Å². The first-order valence-electron chi connectivity index (χ1n) is 18.3. The molecule has 0 aromatic heterocycles. The van der Waals surface area contributed by atoms with Gasteiger partial charge in [-0.25, -0.2) is 4.79 Å². The Bertz CT molecular complexity index is 1950. The number of amides is 3. The monoisotopic (exact) mass is 755 g/mol. The zero-order valence-electron chi connectivity index (χ0n) is 31.1. The van der Waals surface area contributed by atoms with Gasteiger partial charge in [0.25, 0.3) is 0 Å². The predicted molar refractivity (Wildman–Crippen MR) is 215 cm³/mol. The Morgan fingerprint density at radius 3 is 1.60 bits per heavy atom. The van der Waals surface area contributed by atoms with Crippen molar-refractivity contribution in [3.8, 4) is 11.1 Å². The fourth-order valence-electron chi connectivity index (χ4n) is 7.07. The Morgan fingerprint density at radius 2 is 1.13 bits per heavy atom. The number of methoxy groups -OCH3 is 1. The number of benzene rings is 5. The summed E-state index contributed by atoms with van der Waals surface area (Å²) in [7, 11) is 1.23. The lowest BCUT2D eigenvalue weighted by Crippen LogP contribution is -2.56. The summed E-state index contributed by atoms with van der Waals surface area (Å²) in [6.07, 6.45) is -0.761. The molecule has 0 saturated carbocycles. The van der Waals surface area contributed by atoms with E-state index >= 15 is 0 Å². The summed E-state index contributed by atoms with van der Waals surface area (Å²) in [5, 5.41) is 8.26. The number of esters is 1. The number of nitrogens with one attached hydrogen (secondary N) is 3. The normalized spacial score (nSPS) is 13.2. The lowest BCUT2D eigenvalue weighted by Gasteiger charge is -2.36. The van der Waals surface area contributed by atoms with Crippen LogP contribution in [0.1, 0.15) is 47.6 Å². The second kappa shape index (κ2) is 18.0. The highest BCUT2D eigenvalue weighted by molar-refractivity contribution is 8.00. The molecule has 6 rings (SSSR count). The summed E-state index contributed by atoms with van der Waals surface area (Å²) in [4.78, 5) is 53.2. The van der Waals surface area contributed by atoms with Crippen LogP contribution in [0.3, 0.4) is 0 Å². The Hall–Kier alpha value is -5.87. The van der Waals surface area contributed by atoms with Crippen molar-refractivity contribution in [3.05, 3.63) is 167 Å². The SMILES string of the molecule is COC(=O)CNC(=O)C(NC(=O)C(CSC(c1ccccc1)(c1ccccc1)c1ccccc1)NC(=O)OCC1c2ccccc2-c2ccccc21)C(C)C. The van der Waals surface area contributed by atoms with Crippen LogP contribution in [0.15, 0.2) is 140 Å². The van der Waals surface area contributed by atoms with Gasteiger partial charge in [-0.2, -0.15) is 0 Å². The molecule has 0 aliphatic heterocycles. The fourth-order valence-corrected chi connectivity index (χ4v) is 8.63. The topological polar surface area (TPSA) is 123 Å². The van der Waals surface area contributed by atoms with Crippen LogP contribution >= 0.6 is 11.8 Å². The fraction of sp³-hybridized carbons (Fsp3) is 0.244. The maximum absolute atomic E-state index is 14.3. The molecule has 5 aromatic carbocycles. The summed E-state index contributed by atoms with van der Waals surface area (Å²) in [5.74, 6) is -2.16. The third-order valence-electron chi connectivity index (χ3n) is 9.84. The lowest BCUT2D eigenvalue weighted by molar-refractivity contribution is -0.141. The number of carbonyl (C=O) groups is 4. The van der Waals surface area contributed by atoms with E-state index in [-0.39, 0.29) is 30.7 Å². The van der Waals surface area contributed by atoms with Crippen molar-refractivity contribution < 1.29 is 28.7 Å². The number of rotatable bonds is 15. The molecule has 2 atom stereocenters. The zero-order chi connectivity index (χ0) is 38.8. The van der Waals surface area contributed by atoms with E-state index in [0.29, 0.717) is 0 Å². The molecule has 1 aliphatic rings. The molecule has 0 saturated heterocycles. The lowest BCUT2D eigenvalue weighted by atomic mass is 9.84. The van der Waals surface area contributed by atoms with Crippen LogP contribution in [0.4, 0.5) is 4.79 Å². The molecule has 0 heterocycles. The largest absolute Gasteiger partial charge is 0.468 e. The van der Waals surface area contributed by atoms with Crippen LogP contribution in [0.2, 0.25) is 0 Å². The third-order valence-corrected chi connectivity index (χ3v) is 11.5. The summed E-state index contributed by atoms with van der Waals surface area (Å²) in [5.41, 5.74) is 7.30. The van der Waals surface area contributed by atoms with Gasteiger partial charge in [0.1, 0.15) is 25.2 Å². The molecule has 0 fully saturated rings. The Kier molecular flexibility index (Phi) is 12.7. The van der Waals surface area contributed by atoms with Crippen LogP contribution in [-0.4, -0.2) is 62.0 Å². The third kappa shape index (κ3) is 8.76. The Balaban J connectivity index is 1.30. The Labute approximate surface area is 326 Å². The summed E-state index contributed by atoms with van der Waals surface area (Å²) < 4.78 is 9.79. The Morgan fingerprint density at radius 1 is 0.655 bits per heavy atom. The van der Waals surface area contributed by atoms with Crippen molar-refractivity contribution in [2.75, 3.05) is 26.0 Å². The molecule has 10 heteroatoms. The minimum absolute atomic E-state index is 0.0634. The molecule has 1 aliphatic carbocycles. The van der Waals surface area contributed by atoms with Gasteiger partial charge < -0.3 is 25.4 Å². The number of hydrogen-bond donors (Lipinski definition) is 3. The average molecular weight is 756 g/mol. The molecule has 282 valence electrons. The number of ether oxygens (including phenoxy) is 2. The van der Waals surface area contributed by atoms with E-state index in [2.05, 4.69) is 69.2 Å². The van der Waals surface area contributed by atoms with Gasteiger partial charge in [0, 0.05) is 11.7 Å². The minimum Gasteiger partial charge on any atom is -0.468 e. The van der Waals surface area contributed by atoms with E-state index in [0.717, 1.165) is 38.9 Å². The summed E-state index contributed by atoms with van der Waals surface area (Å²) in [6.45, 7) is 3.29. The smallest absolute Gasteiger partial charge is 0.407 e. The van der Waals surface area contributed by atoms with Crippen LogP contribution < -0.4 is 16.0 Å². The van der Waals surface area contributed by atoms with Crippen molar-refractivity contribution in [1.82, 2.24) is 16.0 Å². The van der Waals surface area contributed by atoms with E-state index in [9.17, 15) is 19.2 Å². The highest BCUT2D eigenvalue weighted by Crippen LogP contribution is 2.49. The standard InChI is InChI=1S/C45H45N3O6S/c1-30(2)41(43(51)46-27-40(49)53-3)48-42(50)39(47-44(52)54-28-38-36-25-15-13-23-34(36)35-24-14-16-26-37(35)38)29-55-45(31-17-7-4-8-18-31,32-19-9-5-10-20-32)33-21-11-6-12-22-33/h4-26,30,38-39,41H,27-29H2,1-3H3,(H,46,51)(H,47,52)(H,48,50).